The molecule has 2 rings (SSSR count). The van der Waals surface area contributed by atoms with E-state index in [1.54, 1.807) is 18.2 Å². The van der Waals surface area contributed by atoms with Crippen LogP contribution in [-0.2, 0) is 11.2 Å². The van der Waals surface area contributed by atoms with Gasteiger partial charge in [-0.25, -0.2) is 4.79 Å². The van der Waals surface area contributed by atoms with Gasteiger partial charge in [0.15, 0.2) is 0 Å². The van der Waals surface area contributed by atoms with Crippen molar-refractivity contribution in [3.63, 3.8) is 0 Å². The molecule has 2 atom stereocenters. The predicted molar refractivity (Wildman–Crippen MR) is 90.5 cm³/mol. The Hall–Kier alpha value is -1.84. The molecule has 2 N–H and O–H groups in total. The summed E-state index contributed by atoms with van der Waals surface area (Å²) in [5, 5.41) is 12.3. The molecule has 1 fully saturated rings. The maximum atomic E-state index is 12.2. The lowest BCUT2D eigenvalue weighted by atomic mass is 9.96. The fourth-order valence-corrected chi connectivity index (χ4v) is 3.51. The SMILES string of the molecule is CCCCC1CCCC1NC(=O)CCc1ccccc1C(=O)O. The van der Waals surface area contributed by atoms with Crippen LogP contribution in [0.2, 0.25) is 0 Å². The largest absolute Gasteiger partial charge is 0.478 e. The number of carboxylic acid groups (broad SMARTS) is 1. The van der Waals surface area contributed by atoms with Crippen molar-refractivity contribution in [3.05, 3.63) is 35.4 Å². The van der Waals surface area contributed by atoms with Crippen molar-refractivity contribution in [1.82, 2.24) is 5.32 Å². The van der Waals surface area contributed by atoms with Crippen molar-refractivity contribution in [2.45, 2.75) is 64.3 Å². The summed E-state index contributed by atoms with van der Waals surface area (Å²) in [7, 11) is 0. The van der Waals surface area contributed by atoms with E-state index in [1.165, 1.54) is 32.1 Å². The first kappa shape index (κ1) is 17.5. The zero-order valence-electron chi connectivity index (χ0n) is 13.9. The molecule has 1 saturated carbocycles. The zero-order chi connectivity index (χ0) is 16.7. The second-order valence-corrected chi connectivity index (χ2v) is 6.47. The standard InChI is InChI=1S/C19H27NO3/c1-2-3-7-15-9-6-11-17(15)20-18(21)13-12-14-8-4-5-10-16(14)19(22)23/h4-5,8,10,15,17H,2-3,6-7,9,11-13H2,1H3,(H,20,21)(H,22,23). The molecule has 126 valence electrons. The Morgan fingerprint density at radius 2 is 2.04 bits per heavy atom. The van der Waals surface area contributed by atoms with Crippen LogP contribution in [0.1, 0.15) is 67.8 Å². The summed E-state index contributed by atoms with van der Waals surface area (Å²) in [5.41, 5.74) is 1.02. The summed E-state index contributed by atoms with van der Waals surface area (Å²) in [5.74, 6) is -0.278. The molecular formula is C19H27NO3. The van der Waals surface area contributed by atoms with Gasteiger partial charge in [-0.15, -0.1) is 0 Å². The molecular weight excluding hydrogens is 290 g/mol. The molecule has 0 bridgehead atoms. The summed E-state index contributed by atoms with van der Waals surface area (Å²) in [6.07, 6.45) is 7.93. The highest BCUT2D eigenvalue weighted by atomic mass is 16.4. The lowest BCUT2D eigenvalue weighted by Gasteiger charge is -2.21. The Bertz CT molecular complexity index is 541. The van der Waals surface area contributed by atoms with Gasteiger partial charge in [0.05, 0.1) is 5.56 Å². The first-order valence-electron chi connectivity index (χ1n) is 8.72. The molecule has 1 aliphatic rings. The van der Waals surface area contributed by atoms with Crippen LogP contribution >= 0.6 is 0 Å². The van der Waals surface area contributed by atoms with Gasteiger partial charge in [-0.05, 0) is 43.2 Å². The minimum atomic E-state index is -0.934. The maximum absolute atomic E-state index is 12.2. The van der Waals surface area contributed by atoms with Crippen LogP contribution in [0.5, 0.6) is 0 Å². The third-order valence-electron chi connectivity index (χ3n) is 4.80. The van der Waals surface area contributed by atoms with Gasteiger partial charge in [-0.3, -0.25) is 4.79 Å². The Kier molecular flexibility index (Phi) is 6.63. The summed E-state index contributed by atoms with van der Waals surface area (Å²) < 4.78 is 0. The number of carboxylic acids is 1. The molecule has 4 heteroatoms. The second kappa shape index (κ2) is 8.70. The average molecular weight is 317 g/mol. The van der Waals surface area contributed by atoms with Crippen LogP contribution in [0.3, 0.4) is 0 Å². The molecule has 1 aliphatic carbocycles. The van der Waals surface area contributed by atoms with E-state index in [0.29, 0.717) is 30.4 Å². The van der Waals surface area contributed by atoms with Crippen molar-refractivity contribution < 1.29 is 14.7 Å². The van der Waals surface area contributed by atoms with Crippen LogP contribution in [0, 0.1) is 5.92 Å². The lowest BCUT2D eigenvalue weighted by Crippen LogP contribution is -2.37. The summed E-state index contributed by atoms with van der Waals surface area (Å²) in [6.45, 7) is 2.20. The topological polar surface area (TPSA) is 66.4 Å². The number of hydrogen-bond acceptors (Lipinski definition) is 2. The fourth-order valence-electron chi connectivity index (χ4n) is 3.51. The van der Waals surface area contributed by atoms with Crippen LogP contribution < -0.4 is 5.32 Å². The number of unbranched alkanes of at least 4 members (excludes halogenated alkanes) is 1. The van der Waals surface area contributed by atoms with Gasteiger partial charge in [-0.1, -0.05) is 44.4 Å². The molecule has 0 aromatic heterocycles. The zero-order valence-corrected chi connectivity index (χ0v) is 13.9. The molecule has 1 aromatic carbocycles. The van der Waals surface area contributed by atoms with Crippen LogP contribution in [0.4, 0.5) is 0 Å². The van der Waals surface area contributed by atoms with E-state index in [1.807, 2.05) is 6.07 Å². The van der Waals surface area contributed by atoms with E-state index in [2.05, 4.69) is 12.2 Å². The number of nitrogens with one attached hydrogen (secondary N) is 1. The summed E-state index contributed by atoms with van der Waals surface area (Å²) in [6, 6.07) is 7.22. The Morgan fingerprint density at radius 3 is 2.78 bits per heavy atom. The monoisotopic (exact) mass is 317 g/mol. The molecule has 1 amide bonds. The second-order valence-electron chi connectivity index (χ2n) is 6.47. The van der Waals surface area contributed by atoms with Crippen LogP contribution in [-0.4, -0.2) is 23.0 Å². The quantitative estimate of drug-likeness (QED) is 0.766. The highest BCUT2D eigenvalue weighted by Gasteiger charge is 2.27. The van der Waals surface area contributed by atoms with Gasteiger partial charge in [-0.2, -0.15) is 0 Å². The Balaban J connectivity index is 1.84. The van der Waals surface area contributed by atoms with E-state index in [0.717, 1.165) is 12.0 Å². The average Bonchev–Trinajstić information content (AvgIpc) is 2.98. The number of aromatic carboxylic acids is 1. The predicted octanol–water partition coefficient (Wildman–Crippen LogP) is 3.79. The molecule has 23 heavy (non-hydrogen) atoms. The van der Waals surface area contributed by atoms with Gasteiger partial charge in [0.1, 0.15) is 0 Å². The summed E-state index contributed by atoms with van der Waals surface area (Å²) >= 11 is 0. The van der Waals surface area contributed by atoms with Crippen molar-refractivity contribution in [1.29, 1.82) is 0 Å². The molecule has 0 saturated heterocycles. The van der Waals surface area contributed by atoms with E-state index >= 15 is 0 Å². The molecule has 0 aliphatic heterocycles. The molecule has 2 unspecified atom stereocenters. The van der Waals surface area contributed by atoms with Gasteiger partial charge in [0, 0.05) is 12.5 Å². The van der Waals surface area contributed by atoms with Gasteiger partial charge in [0.25, 0.3) is 0 Å². The number of benzene rings is 1. The fraction of sp³-hybridized carbons (Fsp3) is 0.579. The van der Waals surface area contributed by atoms with E-state index in [4.69, 9.17) is 0 Å². The normalized spacial score (nSPS) is 20.4. The van der Waals surface area contributed by atoms with Crippen molar-refractivity contribution in [3.8, 4) is 0 Å². The molecule has 4 nitrogen and oxygen atoms in total. The highest BCUT2D eigenvalue weighted by Crippen LogP contribution is 2.30. The van der Waals surface area contributed by atoms with Gasteiger partial charge in [0.2, 0.25) is 5.91 Å². The molecule has 0 spiro atoms. The third kappa shape index (κ3) is 5.08. The van der Waals surface area contributed by atoms with E-state index < -0.39 is 5.97 Å². The number of hydrogen-bond donors (Lipinski definition) is 2. The highest BCUT2D eigenvalue weighted by molar-refractivity contribution is 5.89. The molecule has 1 aromatic rings. The first-order valence-corrected chi connectivity index (χ1v) is 8.72. The third-order valence-corrected chi connectivity index (χ3v) is 4.80. The lowest BCUT2D eigenvalue weighted by molar-refractivity contribution is -0.122. The minimum Gasteiger partial charge on any atom is -0.478 e. The van der Waals surface area contributed by atoms with Crippen molar-refractivity contribution in [2.75, 3.05) is 0 Å². The minimum absolute atomic E-state index is 0.0404. The van der Waals surface area contributed by atoms with Crippen LogP contribution in [0.15, 0.2) is 24.3 Å². The van der Waals surface area contributed by atoms with Crippen LogP contribution in [0.25, 0.3) is 0 Å². The maximum Gasteiger partial charge on any atom is 0.335 e. The van der Waals surface area contributed by atoms with Gasteiger partial charge >= 0.3 is 5.97 Å². The Morgan fingerprint density at radius 1 is 1.26 bits per heavy atom. The molecule has 0 radical (unpaired) electrons. The molecule has 0 heterocycles. The number of aryl methyl sites for hydroxylation is 1. The van der Waals surface area contributed by atoms with Gasteiger partial charge < -0.3 is 10.4 Å². The summed E-state index contributed by atoms with van der Waals surface area (Å²) in [4.78, 5) is 23.4. The number of carbonyl (C=O) groups excluding carboxylic acids is 1. The number of rotatable bonds is 8. The van der Waals surface area contributed by atoms with E-state index in [9.17, 15) is 14.7 Å². The number of carbonyl (C=O) groups is 2. The first-order chi connectivity index (χ1) is 11.1. The van der Waals surface area contributed by atoms with E-state index in [-0.39, 0.29) is 5.91 Å². The van der Waals surface area contributed by atoms with Crippen molar-refractivity contribution >= 4 is 11.9 Å². The van der Waals surface area contributed by atoms with Crippen molar-refractivity contribution in [2.24, 2.45) is 5.92 Å². The number of amides is 1. The Labute approximate surface area is 138 Å². The smallest absolute Gasteiger partial charge is 0.335 e.